The molecule has 0 aromatic heterocycles. The molecule has 1 aromatic rings. The minimum atomic E-state index is -0.379. The van der Waals surface area contributed by atoms with E-state index in [-0.39, 0.29) is 29.3 Å². The average molecular weight is 236 g/mol. The van der Waals surface area contributed by atoms with E-state index < -0.39 is 0 Å². The van der Waals surface area contributed by atoms with Crippen molar-refractivity contribution in [1.82, 2.24) is 0 Å². The van der Waals surface area contributed by atoms with Crippen molar-refractivity contribution in [2.75, 3.05) is 0 Å². The smallest absolute Gasteiger partial charge is 0.142 e. The van der Waals surface area contributed by atoms with Crippen LogP contribution in [0.15, 0.2) is 18.2 Å². The maximum absolute atomic E-state index is 13.0. The van der Waals surface area contributed by atoms with Gasteiger partial charge in [0.05, 0.1) is 5.02 Å². The van der Waals surface area contributed by atoms with Gasteiger partial charge in [0.1, 0.15) is 5.82 Å². The van der Waals surface area contributed by atoms with Crippen LogP contribution in [-0.4, -0.2) is 0 Å². The zero-order chi connectivity index (χ0) is 9.42. The Labute approximate surface area is 93.8 Å². The molecule has 4 heteroatoms. The summed E-state index contributed by atoms with van der Waals surface area (Å²) in [7, 11) is 0. The fraction of sp³-hybridized carbons (Fsp3) is 0.400. The highest BCUT2D eigenvalue weighted by Gasteiger charge is 2.29. The molecule has 0 saturated heterocycles. The molecule has 0 bridgehead atoms. The van der Waals surface area contributed by atoms with Gasteiger partial charge in [0, 0.05) is 6.04 Å². The molecule has 0 aliphatic heterocycles. The molecule has 14 heavy (non-hydrogen) atoms. The maximum atomic E-state index is 13.0. The second-order valence-corrected chi connectivity index (χ2v) is 3.94. The van der Waals surface area contributed by atoms with Crippen LogP contribution in [0.2, 0.25) is 5.02 Å². The number of rotatable bonds is 2. The van der Waals surface area contributed by atoms with Crippen LogP contribution in [0.4, 0.5) is 4.39 Å². The second-order valence-electron chi connectivity index (χ2n) is 3.54. The summed E-state index contributed by atoms with van der Waals surface area (Å²) in [6.45, 7) is 0. The fourth-order valence-electron chi connectivity index (χ4n) is 1.45. The van der Waals surface area contributed by atoms with E-state index in [1.54, 1.807) is 12.1 Å². The minimum Gasteiger partial charge on any atom is -0.324 e. The van der Waals surface area contributed by atoms with Crippen molar-refractivity contribution in [3.05, 3.63) is 34.6 Å². The number of nitrogens with two attached hydrogens (primary N) is 1. The lowest BCUT2D eigenvalue weighted by atomic mass is 10.0. The molecule has 1 saturated carbocycles. The van der Waals surface area contributed by atoms with Gasteiger partial charge in [-0.15, -0.1) is 12.4 Å². The van der Waals surface area contributed by atoms with Gasteiger partial charge < -0.3 is 5.73 Å². The molecule has 1 aliphatic carbocycles. The Kier molecular flexibility index (Phi) is 3.76. The summed E-state index contributed by atoms with van der Waals surface area (Å²) in [6, 6.07) is 4.78. The van der Waals surface area contributed by atoms with Crippen molar-refractivity contribution in [2.45, 2.75) is 18.9 Å². The topological polar surface area (TPSA) is 26.0 Å². The first-order chi connectivity index (χ1) is 6.18. The first-order valence-electron chi connectivity index (χ1n) is 4.39. The van der Waals surface area contributed by atoms with Crippen LogP contribution in [-0.2, 0) is 0 Å². The van der Waals surface area contributed by atoms with Gasteiger partial charge in [-0.05, 0) is 36.5 Å². The second kappa shape index (κ2) is 4.47. The summed E-state index contributed by atoms with van der Waals surface area (Å²) in [6.07, 6.45) is 2.32. The van der Waals surface area contributed by atoms with Crippen LogP contribution in [0.3, 0.4) is 0 Å². The van der Waals surface area contributed by atoms with Crippen LogP contribution >= 0.6 is 24.0 Å². The predicted octanol–water partition coefficient (Wildman–Crippen LogP) is 3.31. The summed E-state index contributed by atoms with van der Waals surface area (Å²) >= 11 is 5.56. The lowest BCUT2D eigenvalue weighted by molar-refractivity contribution is 0.602. The quantitative estimate of drug-likeness (QED) is 0.837. The highest BCUT2D eigenvalue weighted by molar-refractivity contribution is 6.30. The van der Waals surface area contributed by atoms with Crippen LogP contribution in [0.5, 0.6) is 0 Å². The Morgan fingerprint density at radius 3 is 2.57 bits per heavy atom. The van der Waals surface area contributed by atoms with Gasteiger partial charge >= 0.3 is 0 Å². The molecule has 0 heterocycles. The normalized spacial score (nSPS) is 17.4. The molecule has 78 valence electrons. The van der Waals surface area contributed by atoms with Gasteiger partial charge in [-0.25, -0.2) is 4.39 Å². The van der Waals surface area contributed by atoms with Crippen LogP contribution in [0, 0.1) is 11.7 Å². The highest BCUT2D eigenvalue weighted by Crippen LogP contribution is 2.39. The van der Waals surface area contributed by atoms with Crippen molar-refractivity contribution in [3.8, 4) is 0 Å². The molecule has 0 radical (unpaired) electrons. The van der Waals surface area contributed by atoms with E-state index in [4.69, 9.17) is 17.3 Å². The monoisotopic (exact) mass is 235 g/mol. The van der Waals surface area contributed by atoms with E-state index in [2.05, 4.69) is 0 Å². The maximum Gasteiger partial charge on any atom is 0.142 e. The standard InChI is InChI=1S/C10H11ClFN.ClH/c11-8-4-3-7(5-9(8)12)10(13)6-1-2-6;/h3-6,10H,1-2,13H2;1H/t10-;/m1./s1. The fourth-order valence-corrected chi connectivity index (χ4v) is 1.56. The van der Waals surface area contributed by atoms with E-state index >= 15 is 0 Å². The van der Waals surface area contributed by atoms with Crippen LogP contribution < -0.4 is 5.73 Å². The third-order valence-corrected chi connectivity index (χ3v) is 2.76. The molecule has 0 spiro atoms. The first-order valence-corrected chi connectivity index (χ1v) is 4.77. The Balaban J connectivity index is 0.000000980. The van der Waals surface area contributed by atoms with E-state index in [9.17, 15) is 4.39 Å². The zero-order valence-electron chi connectivity index (χ0n) is 7.54. The van der Waals surface area contributed by atoms with Crippen molar-refractivity contribution < 1.29 is 4.39 Å². The van der Waals surface area contributed by atoms with E-state index in [0.29, 0.717) is 5.92 Å². The first kappa shape index (κ1) is 11.8. The van der Waals surface area contributed by atoms with Crippen molar-refractivity contribution in [3.63, 3.8) is 0 Å². The van der Waals surface area contributed by atoms with Gasteiger partial charge in [-0.1, -0.05) is 17.7 Å². The van der Waals surface area contributed by atoms with Gasteiger partial charge in [0.25, 0.3) is 0 Å². The van der Waals surface area contributed by atoms with E-state index in [1.165, 1.54) is 6.07 Å². The summed E-state index contributed by atoms with van der Waals surface area (Å²) in [5.41, 5.74) is 6.76. The molecular formula is C10H12Cl2FN. The highest BCUT2D eigenvalue weighted by atomic mass is 35.5. The lowest BCUT2D eigenvalue weighted by Crippen LogP contribution is -2.12. The number of hydrogen-bond donors (Lipinski definition) is 1. The largest absolute Gasteiger partial charge is 0.324 e. The van der Waals surface area contributed by atoms with Crippen molar-refractivity contribution in [1.29, 1.82) is 0 Å². The molecule has 1 aromatic carbocycles. The van der Waals surface area contributed by atoms with E-state index in [0.717, 1.165) is 18.4 Å². The minimum absolute atomic E-state index is 0. The third-order valence-electron chi connectivity index (χ3n) is 2.46. The molecule has 1 atom stereocenters. The Morgan fingerprint density at radius 1 is 1.43 bits per heavy atom. The molecular weight excluding hydrogens is 224 g/mol. The van der Waals surface area contributed by atoms with Gasteiger partial charge in [-0.3, -0.25) is 0 Å². The SMILES string of the molecule is Cl.N[C@@H](c1ccc(Cl)c(F)c1)C1CC1. The molecule has 1 fully saturated rings. The zero-order valence-corrected chi connectivity index (χ0v) is 9.11. The lowest BCUT2D eigenvalue weighted by Gasteiger charge is -2.10. The van der Waals surface area contributed by atoms with Crippen molar-refractivity contribution in [2.24, 2.45) is 11.7 Å². The molecule has 0 unspecified atom stereocenters. The Morgan fingerprint density at radius 2 is 2.07 bits per heavy atom. The summed E-state index contributed by atoms with van der Waals surface area (Å²) in [4.78, 5) is 0. The molecule has 1 nitrogen and oxygen atoms in total. The van der Waals surface area contributed by atoms with E-state index in [1.807, 2.05) is 0 Å². The number of benzene rings is 1. The average Bonchev–Trinajstić information content (AvgIpc) is 2.91. The molecule has 1 aliphatic rings. The molecule has 0 amide bonds. The Bertz CT molecular complexity index is 326. The van der Waals surface area contributed by atoms with Crippen LogP contribution in [0.1, 0.15) is 24.4 Å². The van der Waals surface area contributed by atoms with Gasteiger partial charge in [0.2, 0.25) is 0 Å². The predicted molar refractivity (Wildman–Crippen MR) is 58.3 cm³/mol. The summed E-state index contributed by atoms with van der Waals surface area (Å²) < 4.78 is 13.0. The van der Waals surface area contributed by atoms with Crippen molar-refractivity contribution >= 4 is 24.0 Å². The number of halogens is 3. The third kappa shape index (κ3) is 2.38. The van der Waals surface area contributed by atoms with Crippen LogP contribution in [0.25, 0.3) is 0 Å². The molecule has 2 N–H and O–H groups in total. The van der Waals surface area contributed by atoms with Gasteiger partial charge in [-0.2, -0.15) is 0 Å². The number of hydrogen-bond acceptors (Lipinski definition) is 1. The summed E-state index contributed by atoms with van der Waals surface area (Å²) in [5, 5.41) is 0.159. The Hall–Kier alpha value is -0.310. The summed E-state index contributed by atoms with van der Waals surface area (Å²) in [5.74, 6) is 0.163. The molecule has 2 rings (SSSR count). The van der Waals surface area contributed by atoms with Gasteiger partial charge in [0.15, 0.2) is 0 Å².